The molecule has 40 valence electrons. The van der Waals surface area contributed by atoms with Crippen LogP contribution in [-0.4, -0.2) is 23.5 Å². The molecule has 0 aliphatic heterocycles. The second-order valence-electron chi connectivity index (χ2n) is 0.900. The summed E-state index contributed by atoms with van der Waals surface area (Å²) >= 11 is 0. The summed E-state index contributed by atoms with van der Waals surface area (Å²) in [5, 5.41) is 17.2. The molecule has 1 atom stereocenters. The van der Waals surface area contributed by atoms with Crippen LogP contribution in [0.25, 0.3) is 0 Å². The SMILES string of the molecule is O=CC(O)C(=O)[O-]. The molecule has 7 heavy (non-hydrogen) atoms. The van der Waals surface area contributed by atoms with Crippen LogP contribution in [0.4, 0.5) is 0 Å². The monoisotopic (exact) mass is 103 g/mol. The van der Waals surface area contributed by atoms with Gasteiger partial charge in [-0.1, -0.05) is 0 Å². The van der Waals surface area contributed by atoms with Crippen molar-refractivity contribution in [2.24, 2.45) is 0 Å². The third kappa shape index (κ3) is 1.88. The van der Waals surface area contributed by atoms with E-state index in [2.05, 4.69) is 0 Å². The minimum Gasteiger partial charge on any atom is -0.547 e. The molecule has 1 N–H and O–H groups in total. The second kappa shape index (κ2) is 2.30. The number of carbonyl (C=O) groups is 2. The molecule has 0 bridgehead atoms. The molecule has 0 spiro atoms. The van der Waals surface area contributed by atoms with Crippen LogP contribution in [0.2, 0.25) is 0 Å². The highest BCUT2D eigenvalue weighted by molar-refractivity contribution is 5.87. The molecule has 1 unspecified atom stereocenters. The van der Waals surface area contributed by atoms with Gasteiger partial charge in [0.2, 0.25) is 0 Å². The third-order valence-corrected chi connectivity index (χ3v) is 0.370. The number of aliphatic hydroxyl groups excluding tert-OH is 1. The Bertz CT molecular complexity index is 86.9. The molecule has 0 heterocycles. The van der Waals surface area contributed by atoms with E-state index in [0.29, 0.717) is 0 Å². The minimum absolute atomic E-state index is 0.116. The number of carboxylic acids is 1. The predicted octanol–water partition coefficient (Wildman–Crippen LogP) is -2.70. The third-order valence-electron chi connectivity index (χ3n) is 0.370. The number of hydrogen-bond acceptors (Lipinski definition) is 4. The predicted molar refractivity (Wildman–Crippen MR) is 17.1 cm³/mol. The highest BCUT2D eigenvalue weighted by Crippen LogP contribution is 1.66. The average molecular weight is 103 g/mol. The van der Waals surface area contributed by atoms with E-state index in [-0.39, 0.29) is 6.29 Å². The van der Waals surface area contributed by atoms with Crippen molar-refractivity contribution in [2.75, 3.05) is 0 Å². The first kappa shape index (κ1) is 6.10. The molecular weight excluding hydrogens is 100 g/mol. The van der Waals surface area contributed by atoms with E-state index in [1.807, 2.05) is 0 Å². The Kier molecular flexibility index (Phi) is 2.01. The number of aliphatic carboxylic acids is 1. The molecule has 0 rings (SSSR count). The molecule has 0 radical (unpaired) electrons. The highest BCUT2D eigenvalue weighted by Gasteiger charge is 1.97. The van der Waals surface area contributed by atoms with Gasteiger partial charge in [-0.3, -0.25) is 0 Å². The summed E-state index contributed by atoms with van der Waals surface area (Å²) in [6, 6.07) is 0. The Balaban J connectivity index is 3.55. The Hall–Kier alpha value is -0.900. The van der Waals surface area contributed by atoms with Crippen LogP contribution >= 0.6 is 0 Å². The molecule has 0 saturated carbocycles. The lowest BCUT2D eigenvalue weighted by Crippen LogP contribution is -2.36. The summed E-state index contributed by atoms with van der Waals surface area (Å²) in [7, 11) is 0. The Morgan fingerprint density at radius 2 is 2.29 bits per heavy atom. The molecular formula is C3H3O4-. The standard InChI is InChI=1S/C3H4O4/c4-1-2(5)3(6)7/h1-2,5H,(H,6,7)/p-1. The first-order chi connectivity index (χ1) is 3.18. The molecule has 0 saturated heterocycles. The summed E-state index contributed by atoms with van der Waals surface area (Å²) in [4.78, 5) is 18.6. The summed E-state index contributed by atoms with van der Waals surface area (Å²) in [6.07, 6.45) is -2.09. The van der Waals surface area contributed by atoms with Gasteiger partial charge in [0.15, 0.2) is 6.29 Å². The van der Waals surface area contributed by atoms with Gasteiger partial charge in [0, 0.05) is 0 Å². The van der Waals surface area contributed by atoms with Crippen LogP contribution in [0, 0.1) is 0 Å². The molecule has 0 aliphatic carbocycles. The van der Waals surface area contributed by atoms with Crippen molar-refractivity contribution < 1.29 is 19.8 Å². The van der Waals surface area contributed by atoms with Crippen LogP contribution < -0.4 is 5.11 Å². The lowest BCUT2D eigenvalue weighted by atomic mass is 10.4. The molecule has 0 fully saturated rings. The Labute approximate surface area is 39.4 Å². The maximum absolute atomic E-state index is 9.34. The van der Waals surface area contributed by atoms with Crippen LogP contribution in [-0.2, 0) is 9.59 Å². The largest absolute Gasteiger partial charge is 0.547 e. The number of carboxylic acid groups (broad SMARTS) is 1. The van der Waals surface area contributed by atoms with Crippen molar-refractivity contribution in [3.05, 3.63) is 0 Å². The van der Waals surface area contributed by atoms with Gasteiger partial charge in [-0.05, 0) is 0 Å². The van der Waals surface area contributed by atoms with E-state index in [1.165, 1.54) is 0 Å². The minimum atomic E-state index is -1.97. The lowest BCUT2D eigenvalue weighted by Gasteiger charge is -1.99. The second-order valence-corrected chi connectivity index (χ2v) is 0.900. The van der Waals surface area contributed by atoms with Gasteiger partial charge in [-0.15, -0.1) is 0 Å². The fourth-order valence-electron chi connectivity index (χ4n) is 0.0556. The van der Waals surface area contributed by atoms with E-state index in [9.17, 15) is 14.7 Å². The van der Waals surface area contributed by atoms with Crippen LogP contribution in [0.1, 0.15) is 0 Å². The van der Waals surface area contributed by atoms with Gasteiger partial charge in [-0.25, -0.2) is 0 Å². The van der Waals surface area contributed by atoms with Crippen molar-refractivity contribution >= 4 is 12.3 Å². The number of hydrogen-bond donors (Lipinski definition) is 1. The lowest BCUT2D eigenvalue weighted by molar-refractivity contribution is -0.312. The molecule has 4 heteroatoms. The van der Waals surface area contributed by atoms with Gasteiger partial charge >= 0.3 is 0 Å². The molecule has 0 amide bonds. The van der Waals surface area contributed by atoms with Crippen LogP contribution in [0.3, 0.4) is 0 Å². The highest BCUT2D eigenvalue weighted by atomic mass is 16.4. The van der Waals surface area contributed by atoms with E-state index < -0.39 is 12.1 Å². The van der Waals surface area contributed by atoms with Gasteiger partial charge in [0.05, 0.1) is 5.97 Å². The fraction of sp³-hybridized carbons (Fsp3) is 0.333. The zero-order valence-electron chi connectivity index (χ0n) is 3.33. The average Bonchev–Trinajstić information content (AvgIpc) is 1.65. The van der Waals surface area contributed by atoms with Crippen LogP contribution in [0.15, 0.2) is 0 Å². The van der Waals surface area contributed by atoms with Gasteiger partial charge in [-0.2, -0.15) is 0 Å². The van der Waals surface area contributed by atoms with Crippen molar-refractivity contribution in [1.82, 2.24) is 0 Å². The summed E-state index contributed by atoms with van der Waals surface area (Å²) in [6.45, 7) is 0. The maximum Gasteiger partial charge on any atom is 0.154 e. The van der Waals surface area contributed by atoms with Gasteiger partial charge in [0.25, 0.3) is 0 Å². The number of aliphatic hydroxyl groups is 1. The summed E-state index contributed by atoms with van der Waals surface area (Å²) in [5.74, 6) is -1.77. The quantitative estimate of drug-likeness (QED) is 0.304. The molecule has 0 aromatic carbocycles. The fourth-order valence-corrected chi connectivity index (χ4v) is 0.0556. The number of carbonyl (C=O) groups excluding carboxylic acids is 2. The van der Waals surface area contributed by atoms with Crippen LogP contribution in [0.5, 0.6) is 0 Å². The topological polar surface area (TPSA) is 77.4 Å². The summed E-state index contributed by atoms with van der Waals surface area (Å²) in [5.41, 5.74) is 0. The normalized spacial score (nSPS) is 12.7. The van der Waals surface area contributed by atoms with E-state index >= 15 is 0 Å². The Morgan fingerprint density at radius 1 is 1.86 bits per heavy atom. The summed E-state index contributed by atoms with van der Waals surface area (Å²) < 4.78 is 0. The maximum atomic E-state index is 9.34. The van der Waals surface area contributed by atoms with Gasteiger partial charge in [0.1, 0.15) is 6.10 Å². The first-order valence-corrected chi connectivity index (χ1v) is 1.52. The number of rotatable bonds is 2. The smallest absolute Gasteiger partial charge is 0.154 e. The molecule has 4 nitrogen and oxygen atoms in total. The Morgan fingerprint density at radius 3 is 2.29 bits per heavy atom. The zero-order valence-corrected chi connectivity index (χ0v) is 3.33. The molecule has 0 aliphatic rings. The van der Waals surface area contributed by atoms with E-state index in [4.69, 9.17) is 5.11 Å². The van der Waals surface area contributed by atoms with Crippen molar-refractivity contribution in [1.29, 1.82) is 0 Å². The molecule has 0 aromatic heterocycles. The van der Waals surface area contributed by atoms with E-state index in [0.717, 1.165) is 0 Å². The van der Waals surface area contributed by atoms with Crippen molar-refractivity contribution in [3.63, 3.8) is 0 Å². The molecule has 0 aromatic rings. The van der Waals surface area contributed by atoms with Crippen molar-refractivity contribution in [2.45, 2.75) is 6.10 Å². The zero-order chi connectivity index (χ0) is 5.86. The van der Waals surface area contributed by atoms with E-state index in [1.54, 1.807) is 0 Å². The first-order valence-electron chi connectivity index (χ1n) is 1.52. The van der Waals surface area contributed by atoms with Crippen molar-refractivity contribution in [3.8, 4) is 0 Å². The van der Waals surface area contributed by atoms with Gasteiger partial charge < -0.3 is 19.8 Å². The number of aldehydes is 1.